The third-order valence-electron chi connectivity index (χ3n) is 3.30. The van der Waals surface area contributed by atoms with E-state index in [0.717, 1.165) is 12.2 Å². The summed E-state index contributed by atoms with van der Waals surface area (Å²) < 4.78 is 0. The van der Waals surface area contributed by atoms with Crippen LogP contribution in [0.4, 0.5) is 0 Å². The SMILES string of the molecule is CCC(C#N)c1ncc(C2CCCC2)[nH]1. The van der Waals surface area contributed by atoms with Gasteiger partial charge < -0.3 is 4.98 Å². The van der Waals surface area contributed by atoms with Crippen LogP contribution in [0.15, 0.2) is 6.20 Å². The summed E-state index contributed by atoms with van der Waals surface area (Å²) in [5, 5.41) is 8.94. The largest absolute Gasteiger partial charge is 0.345 e. The first-order valence-corrected chi connectivity index (χ1v) is 5.79. The van der Waals surface area contributed by atoms with Crippen molar-refractivity contribution in [2.24, 2.45) is 0 Å². The Kier molecular flexibility index (Phi) is 3.05. The summed E-state index contributed by atoms with van der Waals surface area (Å²) in [6.07, 6.45) is 7.94. The fourth-order valence-electron chi connectivity index (χ4n) is 2.32. The molecule has 0 amide bonds. The number of aromatic nitrogens is 2. The smallest absolute Gasteiger partial charge is 0.123 e. The maximum atomic E-state index is 8.94. The van der Waals surface area contributed by atoms with Crippen LogP contribution in [0.5, 0.6) is 0 Å². The Hall–Kier alpha value is -1.30. The zero-order valence-electron chi connectivity index (χ0n) is 9.16. The molecule has 2 rings (SSSR count). The maximum absolute atomic E-state index is 8.94. The first kappa shape index (κ1) is 10.2. The molecule has 0 saturated heterocycles. The van der Waals surface area contributed by atoms with Gasteiger partial charge in [0.25, 0.3) is 0 Å². The minimum atomic E-state index is -0.0693. The summed E-state index contributed by atoms with van der Waals surface area (Å²) in [6, 6.07) is 2.28. The van der Waals surface area contributed by atoms with Gasteiger partial charge in [-0.2, -0.15) is 5.26 Å². The highest BCUT2D eigenvalue weighted by atomic mass is 14.9. The molecule has 15 heavy (non-hydrogen) atoms. The van der Waals surface area contributed by atoms with E-state index in [4.69, 9.17) is 5.26 Å². The van der Waals surface area contributed by atoms with Gasteiger partial charge in [0.15, 0.2) is 0 Å². The van der Waals surface area contributed by atoms with Crippen LogP contribution in [0.25, 0.3) is 0 Å². The average Bonchev–Trinajstić information content (AvgIpc) is 2.89. The third-order valence-corrected chi connectivity index (χ3v) is 3.30. The van der Waals surface area contributed by atoms with Crippen molar-refractivity contribution < 1.29 is 0 Å². The highest BCUT2D eigenvalue weighted by Crippen LogP contribution is 2.33. The van der Waals surface area contributed by atoms with Crippen LogP contribution in [0.3, 0.4) is 0 Å². The number of rotatable bonds is 3. The van der Waals surface area contributed by atoms with Crippen LogP contribution in [-0.2, 0) is 0 Å². The van der Waals surface area contributed by atoms with Crippen molar-refractivity contribution in [3.63, 3.8) is 0 Å². The molecule has 1 atom stereocenters. The van der Waals surface area contributed by atoms with Gasteiger partial charge in [-0.25, -0.2) is 4.98 Å². The number of nitrogens with one attached hydrogen (secondary N) is 1. The second kappa shape index (κ2) is 4.48. The van der Waals surface area contributed by atoms with Crippen LogP contribution in [0.1, 0.15) is 62.4 Å². The molecule has 0 aromatic carbocycles. The minimum absolute atomic E-state index is 0.0693. The number of hydrogen-bond donors (Lipinski definition) is 1. The Bertz CT molecular complexity index is 355. The van der Waals surface area contributed by atoms with Gasteiger partial charge in [0.2, 0.25) is 0 Å². The second-order valence-electron chi connectivity index (χ2n) is 4.30. The van der Waals surface area contributed by atoms with Gasteiger partial charge in [0, 0.05) is 17.8 Å². The Balaban J connectivity index is 2.13. The summed E-state index contributed by atoms with van der Waals surface area (Å²) in [5.74, 6) is 1.43. The summed E-state index contributed by atoms with van der Waals surface area (Å²) in [4.78, 5) is 7.65. The molecule has 1 heterocycles. The van der Waals surface area contributed by atoms with E-state index in [0.29, 0.717) is 5.92 Å². The van der Waals surface area contributed by atoms with E-state index >= 15 is 0 Å². The summed E-state index contributed by atoms with van der Waals surface area (Å²) in [5.41, 5.74) is 1.23. The highest BCUT2D eigenvalue weighted by Gasteiger charge is 2.20. The van der Waals surface area contributed by atoms with Gasteiger partial charge in [-0.05, 0) is 19.3 Å². The Labute approximate surface area is 90.5 Å². The number of imidazole rings is 1. The van der Waals surface area contributed by atoms with Gasteiger partial charge in [-0.3, -0.25) is 0 Å². The molecule has 1 aromatic heterocycles. The van der Waals surface area contributed by atoms with Gasteiger partial charge in [-0.1, -0.05) is 19.8 Å². The lowest BCUT2D eigenvalue weighted by Crippen LogP contribution is -1.98. The van der Waals surface area contributed by atoms with E-state index in [9.17, 15) is 0 Å². The summed E-state index contributed by atoms with van der Waals surface area (Å²) in [7, 11) is 0. The summed E-state index contributed by atoms with van der Waals surface area (Å²) >= 11 is 0. The molecule has 1 unspecified atom stereocenters. The standard InChI is InChI=1S/C12H17N3/c1-2-9(7-13)12-14-8-11(15-12)10-5-3-4-6-10/h8-10H,2-6H2,1H3,(H,14,15). The maximum Gasteiger partial charge on any atom is 0.123 e. The molecular formula is C12H17N3. The normalized spacial score (nSPS) is 18.9. The molecule has 1 fully saturated rings. The van der Waals surface area contributed by atoms with Gasteiger partial charge in [0.05, 0.1) is 6.07 Å². The number of hydrogen-bond acceptors (Lipinski definition) is 2. The molecule has 3 nitrogen and oxygen atoms in total. The van der Waals surface area contributed by atoms with E-state index < -0.39 is 0 Å². The monoisotopic (exact) mass is 203 g/mol. The zero-order valence-corrected chi connectivity index (χ0v) is 9.16. The predicted molar refractivity (Wildman–Crippen MR) is 58.4 cm³/mol. The predicted octanol–water partition coefficient (Wildman–Crippen LogP) is 3.08. The van der Waals surface area contributed by atoms with Crippen molar-refractivity contribution in [2.75, 3.05) is 0 Å². The highest BCUT2D eigenvalue weighted by molar-refractivity contribution is 5.15. The quantitative estimate of drug-likeness (QED) is 0.820. The van der Waals surface area contributed by atoms with Gasteiger partial charge >= 0.3 is 0 Å². The van der Waals surface area contributed by atoms with Crippen molar-refractivity contribution in [1.82, 2.24) is 9.97 Å². The van der Waals surface area contributed by atoms with E-state index in [2.05, 4.69) is 16.0 Å². The van der Waals surface area contributed by atoms with Crippen molar-refractivity contribution >= 4 is 0 Å². The molecule has 3 heteroatoms. The van der Waals surface area contributed by atoms with E-state index in [1.165, 1.54) is 31.4 Å². The number of nitrogens with zero attached hydrogens (tertiary/aromatic N) is 2. The number of H-pyrrole nitrogens is 1. The molecule has 1 saturated carbocycles. The summed E-state index contributed by atoms with van der Waals surface area (Å²) in [6.45, 7) is 2.02. The second-order valence-corrected chi connectivity index (χ2v) is 4.30. The molecule has 1 aromatic rings. The Morgan fingerprint density at radius 3 is 2.93 bits per heavy atom. The minimum Gasteiger partial charge on any atom is -0.345 e. The molecule has 0 bridgehead atoms. The van der Waals surface area contributed by atoms with Gasteiger partial charge in [-0.15, -0.1) is 0 Å². The topological polar surface area (TPSA) is 52.5 Å². The molecule has 0 spiro atoms. The molecule has 1 N–H and O–H groups in total. The lowest BCUT2D eigenvalue weighted by Gasteiger charge is -2.05. The lowest BCUT2D eigenvalue weighted by atomic mass is 10.1. The van der Waals surface area contributed by atoms with Crippen molar-refractivity contribution in [2.45, 2.75) is 50.9 Å². The number of aromatic amines is 1. The average molecular weight is 203 g/mol. The van der Waals surface area contributed by atoms with Crippen LogP contribution < -0.4 is 0 Å². The van der Waals surface area contributed by atoms with E-state index in [1.807, 2.05) is 13.1 Å². The Morgan fingerprint density at radius 2 is 2.33 bits per heavy atom. The number of nitriles is 1. The zero-order chi connectivity index (χ0) is 10.7. The van der Waals surface area contributed by atoms with Crippen LogP contribution in [-0.4, -0.2) is 9.97 Å². The Morgan fingerprint density at radius 1 is 1.60 bits per heavy atom. The van der Waals surface area contributed by atoms with E-state index in [1.54, 1.807) is 0 Å². The van der Waals surface area contributed by atoms with Crippen LogP contribution >= 0.6 is 0 Å². The molecular weight excluding hydrogens is 186 g/mol. The van der Waals surface area contributed by atoms with Crippen molar-refractivity contribution in [3.8, 4) is 6.07 Å². The fraction of sp³-hybridized carbons (Fsp3) is 0.667. The molecule has 1 aliphatic carbocycles. The first-order chi connectivity index (χ1) is 7.35. The molecule has 0 radical (unpaired) electrons. The van der Waals surface area contributed by atoms with Gasteiger partial charge in [0.1, 0.15) is 11.7 Å². The fourth-order valence-corrected chi connectivity index (χ4v) is 2.32. The van der Waals surface area contributed by atoms with Crippen LogP contribution in [0.2, 0.25) is 0 Å². The molecule has 80 valence electrons. The molecule has 0 aliphatic heterocycles. The van der Waals surface area contributed by atoms with Crippen molar-refractivity contribution in [1.29, 1.82) is 5.26 Å². The van der Waals surface area contributed by atoms with Crippen LogP contribution in [0, 0.1) is 11.3 Å². The first-order valence-electron chi connectivity index (χ1n) is 5.79. The third kappa shape index (κ3) is 2.04. The lowest BCUT2D eigenvalue weighted by molar-refractivity contribution is 0.691. The van der Waals surface area contributed by atoms with Crippen molar-refractivity contribution in [3.05, 3.63) is 17.7 Å². The molecule has 1 aliphatic rings. The van der Waals surface area contributed by atoms with E-state index in [-0.39, 0.29) is 5.92 Å².